The van der Waals surface area contributed by atoms with Gasteiger partial charge in [0.25, 0.3) is 0 Å². The number of nitrogens with zero attached hydrogens (tertiary/aromatic N) is 1. The second-order valence-corrected chi connectivity index (χ2v) is 6.70. The molecular weight excluding hydrogens is 330 g/mol. The molecule has 3 rings (SSSR count). The van der Waals surface area contributed by atoms with Gasteiger partial charge in [-0.15, -0.1) is 0 Å². The number of methoxy groups -OCH3 is 1. The number of carbonyl (C=O) groups is 1. The van der Waals surface area contributed by atoms with Crippen LogP contribution in [0.1, 0.15) is 11.1 Å². The number of aliphatic hydroxyl groups excluding tert-OH is 1. The van der Waals surface area contributed by atoms with Crippen molar-refractivity contribution in [3.8, 4) is 5.75 Å². The Kier molecular flexibility index (Phi) is 5.91. The van der Waals surface area contributed by atoms with Crippen molar-refractivity contribution in [3.05, 3.63) is 65.7 Å². The maximum absolute atomic E-state index is 12.8. The highest BCUT2D eigenvalue weighted by Crippen LogP contribution is 2.24. The van der Waals surface area contributed by atoms with E-state index in [9.17, 15) is 9.90 Å². The van der Waals surface area contributed by atoms with E-state index in [0.717, 1.165) is 16.9 Å². The van der Waals surface area contributed by atoms with E-state index in [-0.39, 0.29) is 12.5 Å². The summed E-state index contributed by atoms with van der Waals surface area (Å²) in [5.74, 6) is 0.776. The highest BCUT2D eigenvalue weighted by Gasteiger charge is 2.38. The van der Waals surface area contributed by atoms with Crippen LogP contribution in [0.2, 0.25) is 0 Å². The lowest BCUT2D eigenvalue weighted by molar-refractivity contribution is -0.157. The summed E-state index contributed by atoms with van der Waals surface area (Å²) in [7, 11) is 1.61. The van der Waals surface area contributed by atoms with Crippen LogP contribution in [0.4, 0.5) is 0 Å². The molecule has 0 unspecified atom stereocenters. The van der Waals surface area contributed by atoms with E-state index in [0.29, 0.717) is 32.5 Å². The van der Waals surface area contributed by atoms with Gasteiger partial charge in [-0.1, -0.05) is 42.5 Å². The van der Waals surface area contributed by atoms with Crippen molar-refractivity contribution >= 4 is 5.91 Å². The molecule has 1 saturated heterocycles. The van der Waals surface area contributed by atoms with Crippen molar-refractivity contribution in [2.45, 2.75) is 18.4 Å². The third-order valence-electron chi connectivity index (χ3n) is 4.75. The molecule has 0 bridgehead atoms. The molecule has 0 spiro atoms. The van der Waals surface area contributed by atoms with Gasteiger partial charge in [0.05, 0.1) is 33.3 Å². The molecule has 1 atom stereocenters. The van der Waals surface area contributed by atoms with Crippen LogP contribution in [-0.4, -0.2) is 54.9 Å². The summed E-state index contributed by atoms with van der Waals surface area (Å²) in [6, 6.07) is 17.5. The first kappa shape index (κ1) is 18.4. The fourth-order valence-electron chi connectivity index (χ4n) is 3.35. The Hall–Kier alpha value is -2.37. The number of carbonyl (C=O) groups excluding carboxylic acids is 1. The van der Waals surface area contributed by atoms with Gasteiger partial charge in [-0.25, -0.2) is 0 Å². The van der Waals surface area contributed by atoms with Crippen LogP contribution < -0.4 is 4.74 Å². The average Bonchev–Trinajstić information content (AvgIpc) is 2.69. The topological polar surface area (TPSA) is 59.0 Å². The lowest BCUT2D eigenvalue weighted by atomic mass is 9.93. The molecule has 26 heavy (non-hydrogen) atoms. The summed E-state index contributed by atoms with van der Waals surface area (Å²) in [6.07, 6.45) is 0.886. The number of rotatable bonds is 6. The lowest BCUT2D eigenvalue weighted by Crippen LogP contribution is -2.57. The van der Waals surface area contributed by atoms with Gasteiger partial charge in [-0.05, 0) is 23.3 Å². The van der Waals surface area contributed by atoms with E-state index < -0.39 is 5.60 Å². The summed E-state index contributed by atoms with van der Waals surface area (Å²) < 4.78 is 11.1. The van der Waals surface area contributed by atoms with Crippen molar-refractivity contribution in [1.29, 1.82) is 0 Å². The van der Waals surface area contributed by atoms with Crippen LogP contribution in [-0.2, 0) is 22.4 Å². The van der Waals surface area contributed by atoms with E-state index in [1.54, 1.807) is 12.0 Å². The average molecular weight is 355 g/mol. The van der Waals surface area contributed by atoms with E-state index in [4.69, 9.17) is 9.47 Å². The molecule has 0 aromatic heterocycles. The second-order valence-electron chi connectivity index (χ2n) is 6.70. The Balaban J connectivity index is 1.68. The van der Waals surface area contributed by atoms with E-state index >= 15 is 0 Å². The van der Waals surface area contributed by atoms with Crippen molar-refractivity contribution < 1.29 is 19.4 Å². The Morgan fingerprint density at radius 1 is 1.19 bits per heavy atom. The minimum absolute atomic E-state index is 0.0347. The van der Waals surface area contributed by atoms with Crippen molar-refractivity contribution in [2.24, 2.45) is 0 Å². The summed E-state index contributed by atoms with van der Waals surface area (Å²) in [5.41, 5.74) is 1.26. The molecule has 0 aliphatic carbocycles. The molecule has 2 aromatic carbocycles. The maximum Gasteiger partial charge on any atom is 0.227 e. The molecule has 0 saturated carbocycles. The minimum Gasteiger partial charge on any atom is -0.497 e. The predicted molar refractivity (Wildman–Crippen MR) is 99.2 cm³/mol. The standard InChI is InChI=1S/C21H25NO4/c1-25-19-9-5-8-18(12-19)13-20(24)22-10-11-26-21(15-22,16-23)14-17-6-3-2-4-7-17/h2-9,12,23H,10-11,13-16H2,1H3/t21-/m1/s1. The number of morpholine rings is 1. The van der Waals surface area contributed by atoms with Gasteiger partial charge >= 0.3 is 0 Å². The van der Waals surface area contributed by atoms with Crippen LogP contribution in [0.5, 0.6) is 5.75 Å². The predicted octanol–water partition coefficient (Wildman–Crippen LogP) is 2.07. The molecule has 1 heterocycles. The maximum atomic E-state index is 12.8. The van der Waals surface area contributed by atoms with Gasteiger partial charge in [-0.2, -0.15) is 0 Å². The van der Waals surface area contributed by atoms with Gasteiger partial charge in [0, 0.05) is 13.0 Å². The van der Waals surface area contributed by atoms with Crippen LogP contribution in [0, 0.1) is 0 Å². The van der Waals surface area contributed by atoms with Crippen LogP contribution in [0.15, 0.2) is 54.6 Å². The Morgan fingerprint density at radius 2 is 1.96 bits per heavy atom. The first-order valence-electron chi connectivity index (χ1n) is 8.83. The van der Waals surface area contributed by atoms with E-state index in [2.05, 4.69) is 0 Å². The first-order chi connectivity index (χ1) is 12.6. The minimum atomic E-state index is -0.746. The SMILES string of the molecule is COc1cccc(CC(=O)N2CCO[C@](CO)(Cc3ccccc3)C2)c1. The molecule has 2 aromatic rings. The van der Waals surface area contributed by atoms with Gasteiger partial charge in [0.2, 0.25) is 5.91 Å². The van der Waals surface area contributed by atoms with Crippen LogP contribution >= 0.6 is 0 Å². The number of hydrogen-bond donors (Lipinski definition) is 1. The molecular formula is C21H25NO4. The third-order valence-corrected chi connectivity index (χ3v) is 4.75. The number of amides is 1. The summed E-state index contributed by atoms with van der Waals surface area (Å²) >= 11 is 0. The Morgan fingerprint density at radius 3 is 2.69 bits per heavy atom. The zero-order valence-corrected chi connectivity index (χ0v) is 15.1. The Labute approximate surface area is 154 Å². The molecule has 1 aliphatic rings. The second kappa shape index (κ2) is 8.34. The molecule has 5 nitrogen and oxygen atoms in total. The zero-order valence-electron chi connectivity index (χ0n) is 15.1. The molecule has 1 N–H and O–H groups in total. The fourth-order valence-corrected chi connectivity index (χ4v) is 3.35. The quantitative estimate of drug-likeness (QED) is 0.862. The normalized spacial score (nSPS) is 20.0. The largest absolute Gasteiger partial charge is 0.497 e. The molecule has 1 aliphatic heterocycles. The third kappa shape index (κ3) is 4.42. The highest BCUT2D eigenvalue weighted by atomic mass is 16.5. The van der Waals surface area contributed by atoms with Crippen LogP contribution in [0.3, 0.4) is 0 Å². The van der Waals surface area contributed by atoms with Gasteiger partial charge < -0.3 is 19.5 Å². The monoisotopic (exact) mass is 355 g/mol. The van der Waals surface area contributed by atoms with Gasteiger partial charge in [-0.3, -0.25) is 4.79 Å². The highest BCUT2D eigenvalue weighted by molar-refractivity contribution is 5.79. The molecule has 0 radical (unpaired) electrons. The smallest absolute Gasteiger partial charge is 0.227 e. The zero-order chi connectivity index (χ0) is 18.4. The van der Waals surface area contributed by atoms with Crippen molar-refractivity contribution in [1.82, 2.24) is 4.90 Å². The van der Waals surface area contributed by atoms with Crippen LogP contribution in [0.25, 0.3) is 0 Å². The molecule has 1 fully saturated rings. The molecule has 5 heteroatoms. The van der Waals surface area contributed by atoms with Crippen molar-refractivity contribution in [2.75, 3.05) is 33.4 Å². The number of hydrogen-bond acceptors (Lipinski definition) is 4. The van der Waals surface area contributed by atoms with E-state index in [1.165, 1.54) is 0 Å². The summed E-state index contributed by atoms with van der Waals surface area (Å²) in [5, 5.41) is 9.98. The first-order valence-corrected chi connectivity index (χ1v) is 8.83. The summed E-state index contributed by atoms with van der Waals surface area (Å²) in [4.78, 5) is 14.6. The molecule has 1 amide bonds. The number of benzene rings is 2. The Bertz CT molecular complexity index is 734. The number of ether oxygens (including phenoxy) is 2. The fraction of sp³-hybridized carbons (Fsp3) is 0.381. The number of aliphatic hydroxyl groups is 1. The summed E-state index contributed by atoms with van der Waals surface area (Å²) in [6.45, 7) is 1.24. The molecule has 138 valence electrons. The van der Waals surface area contributed by atoms with E-state index in [1.807, 2.05) is 54.6 Å². The van der Waals surface area contributed by atoms with Crippen molar-refractivity contribution in [3.63, 3.8) is 0 Å². The lowest BCUT2D eigenvalue weighted by Gasteiger charge is -2.42. The van der Waals surface area contributed by atoms with Gasteiger partial charge in [0.1, 0.15) is 11.4 Å². The van der Waals surface area contributed by atoms with Gasteiger partial charge in [0.15, 0.2) is 0 Å².